The molecule has 4 aliphatic rings. The molecule has 5 nitrogen and oxygen atoms in total. The van der Waals surface area contributed by atoms with Crippen molar-refractivity contribution in [2.75, 3.05) is 25.5 Å². The number of esters is 1. The number of phenolic OH excluding ortho intramolecular Hbond substituents is 1. The topological polar surface area (TPSA) is 61.8 Å². The van der Waals surface area contributed by atoms with E-state index in [1.54, 1.807) is 6.07 Å². The number of nitrogens with one attached hydrogen (secondary N) is 1. The molecule has 3 atom stereocenters. The zero-order valence-corrected chi connectivity index (χ0v) is 15.5. The van der Waals surface area contributed by atoms with E-state index < -0.39 is 0 Å². The van der Waals surface area contributed by atoms with E-state index in [9.17, 15) is 9.90 Å². The van der Waals surface area contributed by atoms with Crippen molar-refractivity contribution < 1.29 is 14.6 Å². The van der Waals surface area contributed by atoms with Crippen molar-refractivity contribution >= 4 is 11.7 Å². The molecule has 138 valence electrons. The van der Waals surface area contributed by atoms with Crippen LogP contribution in [-0.2, 0) is 14.9 Å². The molecule has 0 radical (unpaired) electrons. The number of hydrogen-bond acceptors (Lipinski definition) is 5. The summed E-state index contributed by atoms with van der Waals surface area (Å²) >= 11 is 0. The van der Waals surface area contributed by atoms with Gasteiger partial charge in [0.1, 0.15) is 5.75 Å². The molecule has 1 aromatic rings. The molecule has 0 aromatic heterocycles. The number of nitrogens with zero attached hydrogens (tertiary/aromatic N) is 1. The van der Waals surface area contributed by atoms with Crippen molar-refractivity contribution in [1.29, 1.82) is 0 Å². The fraction of sp³-hybridized carbons (Fsp3) is 0.571. The number of aromatic hydroxyl groups is 1. The number of methoxy groups -OCH3 is 1. The number of phenols is 1. The molecule has 3 unspecified atom stereocenters. The number of piperidine rings is 1. The fourth-order valence-corrected chi connectivity index (χ4v) is 6.54. The Morgan fingerprint density at radius 3 is 3.00 bits per heavy atom. The quantitative estimate of drug-likeness (QED) is 0.631. The molecule has 0 bridgehead atoms. The molecule has 1 spiro atoms. The normalized spacial score (nSPS) is 34.8. The van der Waals surface area contributed by atoms with Crippen molar-refractivity contribution in [2.45, 2.75) is 50.5 Å². The molecule has 1 aliphatic carbocycles. The van der Waals surface area contributed by atoms with E-state index >= 15 is 0 Å². The van der Waals surface area contributed by atoms with Crippen LogP contribution in [0.15, 0.2) is 29.5 Å². The van der Waals surface area contributed by atoms with Gasteiger partial charge in [-0.1, -0.05) is 19.1 Å². The molecule has 5 rings (SSSR count). The zero-order chi connectivity index (χ0) is 18.1. The van der Waals surface area contributed by atoms with Gasteiger partial charge in [0.05, 0.1) is 23.8 Å². The molecular weight excluding hydrogens is 328 g/mol. The second kappa shape index (κ2) is 5.26. The SMILES string of the molecule is CCC12CCCN3CCC4(C(=C(C(=O)OC)C1)Nc1c(O)cccc14)C32. The number of fused-ring (bicyclic) bond motifs is 1. The molecule has 2 fully saturated rings. The predicted octanol–water partition coefficient (Wildman–Crippen LogP) is 3.15. The van der Waals surface area contributed by atoms with Gasteiger partial charge in [0, 0.05) is 11.7 Å². The minimum atomic E-state index is -0.230. The second-order valence-corrected chi connectivity index (χ2v) is 8.33. The van der Waals surface area contributed by atoms with Gasteiger partial charge < -0.3 is 15.2 Å². The van der Waals surface area contributed by atoms with Crippen molar-refractivity contribution in [3.05, 3.63) is 35.0 Å². The number of anilines is 1. The van der Waals surface area contributed by atoms with Gasteiger partial charge in [0.25, 0.3) is 0 Å². The predicted molar refractivity (Wildman–Crippen MR) is 99.0 cm³/mol. The van der Waals surface area contributed by atoms with E-state index in [0.717, 1.165) is 61.3 Å². The van der Waals surface area contributed by atoms with Gasteiger partial charge in [-0.3, -0.25) is 4.90 Å². The summed E-state index contributed by atoms with van der Waals surface area (Å²) < 4.78 is 5.19. The monoisotopic (exact) mass is 354 g/mol. The Balaban J connectivity index is 1.83. The van der Waals surface area contributed by atoms with E-state index in [1.807, 2.05) is 6.07 Å². The lowest BCUT2D eigenvalue weighted by Crippen LogP contribution is -2.59. The summed E-state index contributed by atoms with van der Waals surface area (Å²) in [6, 6.07) is 6.17. The van der Waals surface area contributed by atoms with Gasteiger partial charge in [0.15, 0.2) is 0 Å². The van der Waals surface area contributed by atoms with Crippen LogP contribution in [0.5, 0.6) is 5.75 Å². The Hall–Kier alpha value is -2.01. The van der Waals surface area contributed by atoms with Crippen molar-refractivity contribution in [2.24, 2.45) is 5.41 Å². The minimum Gasteiger partial charge on any atom is -0.506 e. The summed E-state index contributed by atoms with van der Waals surface area (Å²) in [5, 5.41) is 14.0. The molecule has 1 aromatic carbocycles. The average Bonchev–Trinajstić information content (AvgIpc) is 3.22. The molecule has 5 heteroatoms. The zero-order valence-electron chi connectivity index (χ0n) is 15.5. The van der Waals surface area contributed by atoms with Crippen molar-refractivity contribution in [3.63, 3.8) is 0 Å². The third-order valence-corrected chi connectivity index (χ3v) is 7.51. The third kappa shape index (κ3) is 1.72. The van der Waals surface area contributed by atoms with Gasteiger partial charge in [-0.15, -0.1) is 0 Å². The van der Waals surface area contributed by atoms with Crippen LogP contribution >= 0.6 is 0 Å². The molecule has 26 heavy (non-hydrogen) atoms. The summed E-state index contributed by atoms with van der Waals surface area (Å²) in [4.78, 5) is 15.4. The number of carbonyl (C=O) groups is 1. The van der Waals surface area contributed by atoms with Crippen LogP contribution in [0.3, 0.4) is 0 Å². The standard InChI is InChI=1S/C21H26N2O3/c1-3-20-8-5-10-23-11-9-21(19(20)23)14-6-4-7-15(24)16(14)22-17(21)13(12-20)18(25)26-2/h4,6-7,19,22,24H,3,5,8-12H2,1-2H3. The van der Waals surface area contributed by atoms with Gasteiger partial charge in [0.2, 0.25) is 0 Å². The highest BCUT2D eigenvalue weighted by Gasteiger charge is 2.66. The van der Waals surface area contributed by atoms with Crippen LogP contribution in [0, 0.1) is 5.41 Å². The van der Waals surface area contributed by atoms with E-state index in [0.29, 0.717) is 6.04 Å². The van der Waals surface area contributed by atoms with E-state index in [2.05, 4.69) is 23.2 Å². The van der Waals surface area contributed by atoms with Gasteiger partial charge in [-0.2, -0.15) is 0 Å². The summed E-state index contributed by atoms with van der Waals surface area (Å²) in [6.45, 7) is 4.44. The Labute approximate surface area is 154 Å². The first-order valence-electron chi connectivity index (χ1n) is 9.73. The number of para-hydroxylation sites is 1. The van der Waals surface area contributed by atoms with Crippen molar-refractivity contribution in [3.8, 4) is 5.75 Å². The molecular formula is C21H26N2O3. The molecule has 2 saturated heterocycles. The summed E-state index contributed by atoms with van der Waals surface area (Å²) in [7, 11) is 1.47. The molecule has 3 heterocycles. The molecule has 2 N–H and O–H groups in total. The maximum Gasteiger partial charge on any atom is 0.335 e. The van der Waals surface area contributed by atoms with Crippen LogP contribution in [0.1, 0.15) is 44.6 Å². The van der Waals surface area contributed by atoms with Crippen LogP contribution in [0.25, 0.3) is 0 Å². The number of benzene rings is 1. The van der Waals surface area contributed by atoms with Crippen LogP contribution in [0.4, 0.5) is 5.69 Å². The number of hydrogen-bond donors (Lipinski definition) is 2. The third-order valence-electron chi connectivity index (χ3n) is 7.51. The van der Waals surface area contributed by atoms with E-state index in [4.69, 9.17) is 4.74 Å². The summed E-state index contributed by atoms with van der Waals surface area (Å²) in [5.41, 5.74) is 3.57. The van der Waals surface area contributed by atoms with Gasteiger partial charge in [-0.05, 0) is 62.2 Å². The highest BCUT2D eigenvalue weighted by molar-refractivity contribution is 5.93. The first-order valence-corrected chi connectivity index (χ1v) is 9.73. The molecule has 0 saturated carbocycles. The van der Waals surface area contributed by atoms with Gasteiger partial charge >= 0.3 is 5.97 Å². The lowest BCUT2D eigenvalue weighted by molar-refractivity contribution is -0.137. The maximum absolute atomic E-state index is 12.8. The Morgan fingerprint density at radius 1 is 1.38 bits per heavy atom. The lowest BCUT2D eigenvalue weighted by atomic mass is 9.53. The number of carbonyl (C=O) groups excluding carboxylic acids is 1. The van der Waals surface area contributed by atoms with E-state index in [1.165, 1.54) is 13.5 Å². The smallest absolute Gasteiger partial charge is 0.335 e. The summed E-state index contributed by atoms with van der Waals surface area (Å²) in [6.07, 6.45) is 5.13. The van der Waals surface area contributed by atoms with E-state index in [-0.39, 0.29) is 22.5 Å². The van der Waals surface area contributed by atoms with Crippen molar-refractivity contribution in [1.82, 2.24) is 4.90 Å². The molecule has 0 amide bonds. The fourth-order valence-electron chi connectivity index (χ4n) is 6.54. The Kier molecular flexibility index (Phi) is 3.27. The van der Waals surface area contributed by atoms with Crippen LogP contribution in [0.2, 0.25) is 0 Å². The van der Waals surface area contributed by atoms with Gasteiger partial charge in [-0.25, -0.2) is 4.79 Å². The highest BCUT2D eigenvalue weighted by Crippen LogP contribution is 2.66. The average molecular weight is 354 g/mol. The Bertz CT molecular complexity index is 833. The van der Waals surface area contributed by atoms with Crippen LogP contribution in [-0.4, -0.2) is 42.2 Å². The number of rotatable bonds is 2. The second-order valence-electron chi connectivity index (χ2n) is 8.33. The first-order chi connectivity index (χ1) is 12.6. The minimum absolute atomic E-state index is 0.0938. The summed E-state index contributed by atoms with van der Waals surface area (Å²) in [5.74, 6) is 0.0359. The number of ether oxygens (including phenoxy) is 1. The largest absolute Gasteiger partial charge is 0.506 e. The Morgan fingerprint density at radius 2 is 2.23 bits per heavy atom. The van der Waals surface area contributed by atoms with Crippen LogP contribution < -0.4 is 5.32 Å². The lowest BCUT2D eigenvalue weighted by Gasteiger charge is -2.56. The molecule has 3 aliphatic heterocycles. The highest BCUT2D eigenvalue weighted by atomic mass is 16.5. The first kappa shape index (κ1) is 16.2. The maximum atomic E-state index is 12.8.